The van der Waals surface area contributed by atoms with Gasteiger partial charge < -0.3 is 5.11 Å². The highest BCUT2D eigenvalue weighted by Crippen LogP contribution is 2.37. The second-order valence-electron chi connectivity index (χ2n) is 7.57. The second kappa shape index (κ2) is 7.40. The highest BCUT2D eigenvalue weighted by Gasteiger charge is 2.41. The van der Waals surface area contributed by atoms with Crippen LogP contribution in [-0.4, -0.2) is 40.7 Å². The van der Waals surface area contributed by atoms with Crippen LogP contribution in [0.25, 0.3) is 0 Å². The number of aryl methyl sites for hydroxylation is 1. The SMILES string of the molecule is Cc1nn(Cc2ccccc2)c(C)c1C[C@H]1[C@@H](O)c2ccccc2S(=O)(=O)N1C. The van der Waals surface area contributed by atoms with Crippen LogP contribution in [0.15, 0.2) is 59.5 Å². The molecule has 1 aliphatic heterocycles. The molecule has 2 aromatic carbocycles. The molecule has 29 heavy (non-hydrogen) atoms. The van der Waals surface area contributed by atoms with E-state index in [1.54, 1.807) is 24.3 Å². The zero-order valence-corrected chi connectivity index (χ0v) is 17.6. The van der Waals surface area contributed by atoms with Gasteiger partial charge in [-0.1, -0.05) is 48.5 Å². The molecule has 0 unspecified atom stereocenters. The first kappa shape index (κ1) is 19.8. The van der Waals surface area contributed by atoms with Crippen LogP contribution in [0.4, 0.5) is 0 Å². The summed E-state index contributed by atoms with van der Waals surface area (Å²) in [4.78, 5) is 0.180. The third-order valence-electron chi connectivity index (χ3n) is 5.85. The van der Waals surface area contributed by atoms with Gasteiger partial charge in [0.05, 0.1) is 29.3 Å². The predicted molar refractivity (Wildman–Crippen MR) is 111 cm³/mol. The van der Waals surface area contributed by atoms with Crippen molar-refractivity contribution < 1.29 is 13.5 Å². The van der Waals surface area contributed by atoms with Crippen molar-refractivity contribution in [1.82, 2.24) is 14.1 Å². The van der Waals surface area contributed by atoms with Crippen LogP contribution in [0.3, 0.4) is 0 Å². The maximum Gasteiger partial charge on any atom is 0.243 e. The predicted octanol–water partition coefficient (Wildman–Crippen LogP) is 2.83. The van der Waals surface area contributed by atoms with Gasteiger partial charge in [0, 0.05) is 18.3 Å². The van der Waals surface area contributed by atoms with Crippen LogP contribution in [0, 0.1) is 13.8 Å². The molecule has 0 bridgehead atoms. The van der Waals surface area contributed by atoms with Crippen molar-refractivity contribution in [2.45, 2.75) is 43.9 Å². The molecule has 1 N–H and O–H groups in total. The van der Waals surface area contributed by atoms with Crippen molar-refractivity contribution in [1.29, 1.82) is 0 Å². The fourth-order valence-corrected chi connectivity index (χ4v) is 5.68. The molecule has 0 amide bonds. The Morgan fingerprint density at radius 3 is 2.41 bits per heavy atom. The van der Waals surface area contributed by atoms with Gasteiger partial charge in [-0.3, -0.25) is 4.68 Å². The molecule has 0 saturated heterocycles. The number of aromatic nitrogens is 2. The molecular formula is C22H25N3O3S. The molecule has 0 saturated carbocycles. The number of aliphatic hydroxyl groups is 1. The maximum absolute atomic E-state index is 13.0. The Morgan fingerprint density at radius 2 is 1.69 bits per heavy atom. The van der Waals surface area contributed by atoms with Crippen LogP contribution in [0.5, 0.6) is 0 Å². The van der Waals surface area contributed by atoms with E-state index in [0.717, 1.165) is 22.5 Å². The van der Waals surface area contributed by atoms with Crippen molar-refractivity contribution >= 4 is 10.0 Å². The van der Waals surface area contributed by atoms with Crippen LogP contribution in [0.1, 0.15) is 34.2 Å². The zero-order chi connectivity index (χ0) is 20.8. The molecule has 0 fully saturated rings. The molecule has 7 heteroatoms. The first-order valence-corrected chi connectivity index (χ1v) is 11.1. The number of fused-ring (bicyclic) bond motifs is 1. The molecule has 4 rings (SSSR count). The summed E-state index contributed by atoms with van der Waals surface area (Å²) in [5.74, 6) is 0. The lowest BCUT2D eigenvalue weighted by atomic mass is 9.95. The number of rotatable bonds is 4. The van der Waals surface area contributed by atoms with Crippen LogP contribution in [-0.2, 0) is 23.0 Å². The standard InChI is InChI=1S/C22H25N3O3S/c1-15-19(16(2)25(23-15)14-17-9-5-4-6-10-17)13-20-22(26)18-11-7-8-12-21(18)29(27,28)24(20)3/h4-12,20,22,26H,13-14H2,1-3H3/t20-,22-/m0/s1. The Balaban J connectivity index is 1.68. The number of likely N-dealkylation sites (N-methyl/N-ethyl adjacent to an activating group) is 1. The lowest BCUT2D eigenvalue weighted by molar-refractivity contribution is 0.0890. The molecule has 3 aromatic rings. The summed E-state index contributed by atoms with van der Waals surface area (Å²) < 4.78 is 29.2. The molecule has 0 radical (unpaired) electrons. The van der Waals surface area contributed by atoms with Gasteiger partial charge >= 0.3 is 0 Å². The van der Waals surface area contributed by atoms with Crippen molar-refractivity contribution in [2.24, 2.45) is 0 Å². The van der Waals surface area contributed by atoms with Gasteiger partial charge in [0.15, 0.2) is 0 Å². The van der Waals surface area contributed by atoms with Crippen molar-refractivity contribution in [2.75, 3.05) is 7.05 Å². The number of nitrogens with zero attached hydrogens (tertiary/aromatic N) is 3. The maximum atomic E-state index is 13.0. The Morgan fingerprint density at radius 1 is 1.03 bits per heavy atom. The van der Waals surface area contributed by atoms with E-state index >= 15 is 0 Å². The minimum absolute atomic E-state index is 0.180. The van der Waals surface area contributed by atoms with E-state index in [4.69, 9.17) is 0 Å². The molecule has 2 atom stereocenters. The number of benzene rings is 2. The topological polar surface area (TPSA) is 75.4 Å². The third kappa shape index (κ3) is 3.39. The van der Waals surface area contributed by atoms with Gasteiger partial charge in [-0.2, -0.15) is 9.40 Å². The molecule has 152 valence electrons. The fourth-order valence-electron chi connectivity index (χ4n) is 4.09. The van der Waals surface area contributed by atoms with Crippen LogP contribution < -0.4 is 0 Å². The number of sulfonamides is 1. The average Bonchev–Trinajstić information content (AvgIpc) is 2.97. The van der Waals surface area contributed by atoms with Crippen molar-refractivity contribution in [3.05, 3.63) is 82.7 Å². The minimum Gasteiger partial charge on any atom is -0.387 e. The summed E-state index contributed by atoms with van der Waals surface area (Å²) in [5, 5.41) is 15.6. The lowest BCUT2D eigenvalue weighted by Gasteiger charge is -2.37. The largest absolute Gasteiger partial charge is 0.387 e. The first-order valence-electron chi connectivity index (χ1n) is 9.62. The Bertz CT molecular complexity index is 1140. The van der Waals surface area contributed by atoms with E-state index in [-0.39, 0.29) is 4.90 Å². The molecule has 0 spiro atoms. The fraction of sp³-hybridized carbons (Fsp3) is 0.318. The van der Waals surface area contributed by atoms with Gasteiger partial charge in [-0.15, -0.1) is 0 Å². The minimum atomic E-state index is -3.64. The van der Waals surface area contributed by atoms with E-state index in [1.807, 2.05) is 36.7 Å². The van der Waals surface area contributed by atoms with Crippen molar-refractivity contribution in [3.8, 4) is 0 Å². The Kier molecular flexibility index (Phi) is 5.06. The monoisotopic (exact) mass is 411 g/mol. The smallest absolute Gasteiger partial charge is 0.243 e. The summed E-state index contributed by atoms with van der Waals surface area (Å²) in [6, 6.07) is 16.2. The summed E-state index contributed by atoms with van der Waals surface area (Å²) in [7, 11) is -2.10. The average molecular weight is 412 g/mol. The number of hydrogen-bond donors (Lipinski definition) is 1. The molecule has 1 aromatic heterocycles. The Labute approximate surface area is 171 Å². The molecule has 1 aliphatic rings. The normalized spacial score (nSPS) is 21.1. The van der Waals surface area contributed by atoms with Gasteiger partial charge in [-0.05, 0) is 37.5 Å². The highest BCUT2D eigenvalue weighted by molar-refractivity contribution is 7.89. The van der Waals surface area contributed by atoms with E-state index < -0.39 is 22.2 Å². The third-order valence-corrected chi connectivity index (χ3v) is 7.80. The zero-order valence-electron chi connectivity index (χ0n) is 16.8. The molecule has 6 nitrogen and oxygen atoms in total. The van der Waals surface area contributed by atoms with E-state index in [9.17, 15) is 13.5 Å². The first-order chi connectivity index (χ1) is 13.8. The summed E-state index contributed by atoms with van der Waals surface area (Å²) in [6.07, 6.45) is -0.492. The second-order valence-corrected chi connectivity index (χ2v) is 9.53. The van der Waals surface area contributed by atoms with Gasteiger partial charge in [0.1, 0.15) is 0 Å². The van der Waals surface area contributed by atoms with Gasteiger partial charge in [0.25, 0.3) is 0 Å². The van der Waals surface area contributed by atoms with E-state index in [0.29, 0.717) is 18.5 Å². The summed E-state index contributed by atoms with van der Waals surface area (Å²) in [5.41, 5.74) is 4.43. The van der Waals surface area contributed by atoms with Gasteiger partial charge in [0.2, 0.25) is 10.0 Å². The van der Waals surface area contributed by atoms with E-state index in [2.05, 4.69) is 17.2 Å². The number of aliphatic hydroxyl groups excluding tert-OH is 1. The molecule has 2 heterocycles. The van der Waals surface area contributed by atoms with Gasteiger partial charge in [-0.25, -0.2) is 8.42 Å². The van der Waals surface area contributed by atoms with Crippen LogP contribution >= 0.6 is 0 Å². The lowest BCUT2D eigenvalue weighted by Crippen LogP contribution is -2.46. The highest BCUT2D eigenvalue weighted by atomic mass is 32.2. The summed E-state index contributed by atoms with van der Waals surface area (Å²) in [6.45, 7) is 4.58. The Hall–Kier alpha value is -2.48. The van der Waals surface area contributed by atoms with Crippen molar-refractivity contribution in [3.63, 3.8) is 0 Å². The van der Waals surface area contributed by atoms with Crippen LogP contribution in [0.2, 0.25) is 0 Å². The quantitative estimate of drug-likeness (QED) is 0.716. The van der Waals surface area contributed by atoms with E-state index in [1.165, 1.54) is 11.4 Å². The number of hydrogen-bond acceptors (Lipinski definition) is 4. The summed E-state index contributed by atoms with van der Waals surface area (Å²) >= 11 is 0. The molecular weight excluding hydrogens is 386 g/mol. The molecule has 0 aliphatic carbocycles.